The molecule has 3 aromatic rings. The fraction of sp³-hybridized carbons (Fsp3) is 0.269. The molecule has 1 unspecified atom stereocenters. The van der Waals surface area contributed by atoms with Crippen LogP contribution >= 0.6 is 0 Å². The van der Waals surface area contributed by atoms with Crippen LogP contribution in [0.3, 0.4) is 0 Å². The van der Waals surface area contributed by atoms with Crippen LogP contribution in [0.2, 0.25) is 0 Å². The summed E-state index contributed by atoms with van der Waals surface area (Å²) in [6, 6.07) is 22.9. The number of carbonyl (C=O) groups is 1. The molecule has 1 aliphatic heterocycles. The summed E-state index contributed by atoms with van der Waals surface area (Å²) >= 11 is 0. The molecular formula is C26H28N2O3S. The molecule has 1 aliphatic rings. The van der Waals surface area contributed by atoms with E-state index in [1.54, 1.807) is 12.1 Å². The number of aryl methyl sites for hydroxylation is 2. The number of anilines is 1. The fourth-order valence-electron chi connectivity index (χ4n) is 4.15. The number of rotatable bonds is 5. The Bertz CT molecular complexity index is 1220. The van der Waals surface area contributed by atoms with E-state index in [9.17, 15) is 13.2 Å². The highest BCUT2D eigenvalue weighted by Crippen LogP contribution is 2.29. The maximum atomic E-state index is 13.3. The number of nitrogens with one attached hydrogen (secondary N) is 1. The molecule has 4 rings (SSSR count). The standard InChI is InChI=1S/C26H28N2O3S/c1-19-9-8-12-22(17-19)25(21-10-4-3-5-11-21)27-26(29)23-14-13-20(2)24(18-23)28-15-6-7-16-32(28,30)31/h3-5,8-14,17-18,25H,6-7,15-16H2,1-2H3,(H,27,29). The van der Waals surface area contributed by atoms with Crippen LogP contribution in [0, 0.1) is 13.8 Å². The number of nitrogens with zero attached hydrogens (tertiary/aromatic N) is 1. The van der Waals surface area contributed by atoms with Crippen LogP contribution in [-0.2, 0) is 10.0 Å². The summed E-state index contributed by atoms with van der Waals surface area (Å²) in [6.07, 6.45) is 1.49. The average molecular weight is 449 g/mol. The molecule has 1 amide bonds. The molecule has 0 spiro atoms. The summed E-state index contributed by atoms with van der Waals surface area (Å²) in [5, 5.41) is 3.16. The zero-order valence-corrected chi connectivity index (χ0v) is 19.2. The zero-order valence-electron chi connectivity index (χ0n) is 18.4. The molecule has 1 N–H and O–H groups in total. The number of benzene rings is 3. The van der Waals surface area contributed by atoms with Gasteiger partial charge in [-0.2, -0.15) is 0 Å². The molecule has 0 saturated carbocycles. The second-order valence-electron chi connectivity index (χ2n) is 8.33. The van der Waals surface area contributed by atoms with Crippen LogP contribution in [0.25, 0.3) is 0 Å². The van der Waals surface area contributed by atoms with Crippen LogP contribution in [0.15, 0.2) is 72.8 Å². The first-order chi connectivity index (χ1) is 15.3. The Labute approximate surface area is 190 Å². The van der Waals surface area contributed by atoms with E-state index >= 15 is 0 Å². The molecule has 0 radical (unpaired) electrons. The minimum Gasteiger partial charge on any atom is -0.341 e. The average Bonchev–Trinajstić information content (AvgIpc) is 2.78. The lowest BCUT2D eigenvalue weighted by molar-refractivity contribution is 0.0943. The third-order valence-electron chi connectivity index (χ3n) is 5.87. The van der Waals surface area contributed by atoms with E-state index in [1.807, 2.05) is 68.4 Å². The number of hydrogen-bond donors (Lipinski definition) is 1. The lowest BCUT2D eigenvalue weighted by Crippen LogP contribution is -2.38. The molecule has 1 fully saturated rings. The molecule has 0 aromatic heterocycles. The molecular weight excluding hydrogens is 420 g/mol. The van der Waals surface area contributed by atoms with Gasteiger partial charge in [0.25, 0.3) is 5.91 Å². The number of hydrogen-bond acceptors (Lipinski definition) is 3. The second kappa shape index (κ2) is 9.17. The van der Waals surface area contributed by atoms with E-state index < -0.39 is 10.0 Å². The van der Waals surface area contributed by atoms with Crippen LogP contribution < -0.4 is 9.62 Å². The Hall–Kier alpha value is -3.12. The molecule has 1 heterocycles. The number of amides is 1. The molecule has 32 heavy (non-hydrogen) atoms. The van der Waals surface area contributed by atoms with Gasteiger partial charge in [-0.3, -0.25) is 9.10 Å². The van der Waals surface area contributed by atoms with Crippen molar-refractivity contribution in [2.75, 3.05) is 16.6 Å². The van der Waals surface area contributed by atoms with Gasteiger partial charge in [-0.1, -0.05) is 66.2 Å². The quantitative estimate of drug-likeness (QED) is 0.612. The molecule has 0 aliphatic carbocycles. The Morgan fingerprint density at radius 2 is 1.66 bits per heavy atom. The van der Waals surface area contributed by atoms with E-state index in [2.05, 4.69) is 11.4 Å². The van der Waals surface area contributed by atoms with E-state index in [4.69, 9.17) is 0 Å². The van der Waals surface area contributed by atoms with Gasteiger partial charge in [-0.15, -0.1) is 0 Å². The van der Waals surface area contributed by atoms with Gasteiger partial charge in [0.2, 0.25) is 10.0 Å². The Kier molecular flexibility index (Phi) is 6.33. The Balaban J connectivity index is 1.67. The molecule has 3 aromatic carbocycles. The highest BCUT2D eigenvalue weighted by Gasteiger charge is 2.28. The maximum Gasteiger partial charge on any atom is 0.252 e. The van der Waals surface area contributed by atoms with E-state index in [0.29, 0.717) is 24.2 Å². The first-order valence-electron chi connectivity index (χ1n) is 10.9. The van der Waals surface area contributed by atoms with Gasteiger partial charge in [0, 0.05) is 12.1 Å². The largest absolute Gasteiger partial charge is 0.341 e. The molecule has 6 heteroatoms. The first kappa shape index (κ1) is 22.1. The van der Waals surface area contributed by atoms with Gasteiger partial charge in [0.05, 0.1) is 17.5 Å². The number of carbonyl (C=O) groups excluding carboxylic acids is 1. The smallest absolute Gasteiger partial charge is 0.252 e. The van der Waals surface area contributed by atoms with Crippen molar-refractivity contribution in [3.05, 3.63) is 101 Å². The normalized spacial score (nSPS) is 16.4. The summed E-state index contributed by atoms with van der Waals surface area (Å²) in [5.74, 6) is -0.0947. The lowest BCUT2D eigenvalue weighted by atomic mass is 9.97. The lowest BCUT2D eigenvalue weighted by Gasteiger charge is -2.30. The van der Waals surface area contributed by atoms with Crippen molar-refractivity contribution in [1.82, 2.24) is 5.32 Å². The molecule has 0 bridgehead atoms. The van der Waals surface area contributed by atoms with Crippen molar-refractivity contribution in [1.29, 1.82) is 0 Å². The fourth-order valence-corrected chi connectivity index (χ4v) is 5.84. The zero-order chi connectivity index (χ0) is 22.7. The highest BCUT2D eigenvalue weighted by atomic mass is 32.2. The third kappa shape index (κ3) is 4.70. The second-order valence-corrected chi connectivity index (χ2v) is 10.3. The van der Waals surface area contributed by atoms with Crippen molar-refractivity contribution in [3.63, 3.8) is 0 Å². The maximum absolute atomic E-state index is 13.3. The predicted molar refractivity (Wildman–Crippen MR) is 128 cm³/mol. The minimum absolute atomic E-state index is 0.145. The van der Waals surface area contributed by atoms with Crippen molar-refractivity contribution in [3.8, 4) is 0 Å². The summed E-state index contributed by atoms with van der Waals surface area (Å²) in [6.45, 7) is 4.35. The number of sulfonamides is 1. The van der Waals surface area contributed by atoms with E-state index in [-0.39, 0.29) is 17.7 Å². The van der Waals surface area contributed by atoms with E-state index in [1.165, 1.54) is 4.31 Å². The van der Waals surface area contributed by atoms with Gasteiger partial charge in [-0.25, -0.2) is 8.42 Å². The SMILES string of the molecule is Cc1cccc(C(NC(=O)c2ccc(C)c(N3CCCCS3(=O)=O)c2)c2ccccc2)c1. The molecule has 166 valence electrons. The van der Waals surface area contributed by atoms with Crippen LogP contribution in [-0.4, -0.2) is 26.6 Å². The Morgan fingerprint density at radius 1 is 0.906 bits per heavy atom. The predicted octanol–water partition coefficient (Wildman–Crippen LogP) is 4.75. The molecule has 1 atom stereocenters. The van der Waals surface area contributed by atoms with Crippen LogP contribution in [0.4, 0.5) is 5.69 Å². The monoisotopic (exact) mass is 448 g/mol. The van der Waals surface area contributed by atoms with Crippen molar-refractivity contribution < 1.29 is 13.2 Å². The molecule has 1 saturated heterocycles. The van der Waals surface area contributed by atoms with Gasteiger partial charge < -0.3 is 5.32 Å². The third-order valence-corrected chi connectivity index (χ3v) is 7.73. The van der Waals surface area contributed by atoms with Gasteiger partial charge >= 0.3 is 0 Å². The van der Waals surface area contributed by atoms with Crippen molar-refractivity contribution >= 4 is 21.6 Å². The summed E-state index contributed by atoms with van der Waals surface area (Å²) < 4.78 is 26.7. The van der Waals surface area contributed by atoms with Gasteiger partial charge in [0.1, 0.15) is 0 Å². The van der Waals surface area contributed by atoms with E-state index in [0.717, 1.165) is 28.7 Å². The van der Waals surface area contributed by atoms with Crippen molar-refractivity contribution in [2.45, 2.75) is 32.7 Å². The van der Waals surface area contributed by atoms with Gasteiger partial charge in [-0.05, 0) is 55.5 Å². The first-order valence-corrected chi connectivity index (χ1v) is 12.5. The highest BCUT2D eigenvalue weighted by molar-refractivity contribution is 7.92. The van der Waals surface area contributed by atoms with Gasteiger partial charge in [0.15, 0.2) is 0 Å². The minimum atomic E-state index is -3.35. The summed E-state index contributed by atoms with van der Waals surface area (Å²) in [7, 11) is -3.35. The van der Waals surface area contributed by atoms with Crippen LogP contribution in [0.1, 0.15) is 51.5 Å². The van der Waals surface area contributed by atoms with Crippen molar-refractivity contribution in [2.24, 2.45) is 0 Å². The summed E-state index contributed by atoms with van der Waals surface area (Å²) in [5.41, 5.74) is 4.97. The summed E-state index contributed by atoms with van der Waals surface area (Å²) in [4.78, 5) is 13.3. The topological polar surface area (TPSA) is 66.5 Å². The Morgan fingerprint density at radius 3 is 2.38 bits per heavy atom. The van der Waals surface area contributed by atoms with Crippen LogP contribution in [0.5, 0.6) is 0 Å². The molecule has 5 nitrogen and oxygen atoms in total.